The van der Waals surface area contributed by atoms with Crippen LogP contribution in [0.25, 0.3) is 0 Å². The van der Waals surface area contributed by atoms with Crippen molar-refractivity contribution in [2.75, 3.05) is 12.3 Å². The molecule has 1 aromatic heterocycles. The molecule has 1 aromatic rings. The van der Waals surface area contributed by atoms with Crippen LogP contribution in [0.5, 0.6) is 0 Å². The Balaban J connectivity index is 2.53. The van der Waals surface area contributed by atoms with E-state index in [4.69, 9.17) is 5.73 Å². The smallest absolute Gasteiger partial charge is 0.269 e. The Morgan fingerprint density at radius 1 is 1.62 bits per heavy atom. The van der Waals surface area contributed by atoms with E-state index in [1.165, 1.54) is 12.3 Å². The van der Waals surface area contributed by atoms with E-state index in [1.807, 2.05) is 6.92 Å². The lowest BCUT2D eigenvalue weighted by Crippen LogP contribution is -2.33. The van der Waals surface area contributed by atoms with E-state index in [9.17, 15) is 9.59 Å². The first-order valence-electron chi connectivity index (χ1n) is 5.23. The topological polar surface area (TPSA) is 90.0 Å². The minimum Gasteiger partial charge on any atom is -0.397 e. The molecule has 0 saturated carbocycles. The monoisotopic (exact) mass is 224 g/mol. The normalized spacial score (nSPS) is 10.1. The van der Waals surface area contributed by atoms with Crippen molar-refractivity contribution in [3.63, 3.8) is 0 Å². The van der Waals surface area contributed by atoms with Crippen molar-refractivity contribution >= 4 is 11.6 Å². The molecular weight excluding hydrogens is 208 g/mol. The first kappa shape index (κ1) is 12.2. The molecule has 0 aliphatic rings. The van der Waals surface area contributed by atoms with Crippen molar-refractivity contribution < 1.29 is 4.79 Å². The van der Waals surface area contributed by atoms with Gasteiger partial charge >= 0.3 is 0 Å². The van der Waals surface area contributed by atoms with E-state index in [0.29, 0.717) is 12.2 Å². The Bertz CT molecular complexity index is 414. The molecule has 0 aliphatic heterocycles. The second-order valence-corrected chi connectivity index (χ2v) is 3.49. The Hall–Kier alpha value is -1.85. The highest BCUT2D eigenvalue weighted by atomic mass is 16.2. The average Bonchev–Trinajstić information content (AvgIpc) is 2.23. The minimum absolute atomic E-state index is 0.0666. The summed E-state index contributed by atoms with van der Waals surface area (Å²) < 4.78 is 1.08. The number of aromatic nitrogens is 2. The molecule has 0 fully saturated rings. The molecule has 1 heterocycles. The number of hydrogen-bond acceptors (Lipinski definition) is 4. The van der Waals surface area contributed by atoms with Crippen LogP contribution in [0.1, 0.15) is 19.8 Å². The van der Waals surface area contributed by atoms with Gasteiger partial charge in [-0.2, -0.15) is 5.10 Å². The molecule has 0 spiro atoms. The number of hydrogen-bond donors (Lipinski definition) is 2. The van der Waals surface area contributed by atoms with Gasteiger partial charge in [0.05, 0.1) is 11.9 Å². The van der Waals surface area contributed by atoms with Crippen molar-refractivity contribution in [3.05, 3.63) is 22.6 Å². The Morgan fingerprint density at radius 2 is 2.38 bits per heavy atom. The number of carbonyl (C=O) groups is 1. The fraction of sp³-hybridized carbons (Fsp3) is 0.500. The molecule has 88 valence electrons. The molecule has 6 heteroatoms. The summed E-state index contributed by atoms with van der Waals surface area (Å²) >= 11 is 0. The van der Waals surface area contributed by atoms with Gasteiger partial charge in [-0.05, 0) is 6.42 Å². The summed E-state index contributed by atoms with van der Waals surface area (Å²) in [5.41, 5.74) is 5.31. The summed E-state index contributed by atoms with van der Waals surface area (Å²) in [7, 11) is 0. The Labute approximate surface area is 93.5 Å². The summed E-state index contributed by atoms with van der Waals surface area (Å²) in [6.07, 6.45) is 3.29. The van der Waals surface area contributed by atoms with Gasteiger partial charge < -0.3 is 11.1 Å². The standard InChI is InChI=1S/C10H16N4O2/c1-2-3-4-12-9(15)7-14-10(16)5-8(11)6-13-14/h5-6H,2-4,7,11H2,1H3,(H,12,15). The van der Waals surface area contributed by atoms with Gasteiger partial charge in [0.1, 0.15) is 6.54 Å². The predicted molar refractivity (Wildman–Crippen MR) is 60.8 cm³/mol. The Kier molecular flexibility index (Phi) is 4.50. The van der Waals surface area contributed by atoms with Crippen molar-refractivity contribution in [1.82, 2.24) is 15.1 Å². The van der Waals surface area contributed by atoms with Gasteiger partial charge in [-0.25, -0.2) is 4.68 Å². The molecule has 0 aromatic carbocycles. The molecule has 0 bridgehead atoms. The van der Waals surface area contributed by atoms with Crippen LogP contribution in [0, 0.1) is 0 Å². The molecule has 1 rings (SSSR count). The van der Waals surface area contributed by atoms with Crippen LogP contribution in [0.4, 0.5) is 5.69 Å². The van der Waals surface area contributed by atoms with Gasteiger partial charge in [0.2, 0.25) is 5.91 Å². The number of nitrogens with zero attached hydrogens (tertiary/aromatic N) is 2. The number of nitrogen functional groups attached to an aromatic ring is 1. The van der Waals surface area contributed by atoms with Gasteiger partial charge in [-0.1, -0.05) is 13.3 Å². The zero-order valence-electron chi connectivity index (χ0n) is 9.27. The summed E-state index contributed by atoms with van der Waals surface area (Å²) in [5, 5.41) is 6.47. The van der Waals surface area contributed by atoms with E-state index in [0.717, 1.165) is 17.5 Å². The second-order valence-electron chi connectivity index (χ2n) is 3.49. The van der Waals surface area contributed by atoms with Crippen LogP contribution >= 0.6 is 0 Å². The van der Waals surface area contributed by atoms with Crippen molar-refractivity contribution in [2.24, 2.45) is 0 Å². The van der Waals surface area contributed by atoms with Gasteiger partial charge in [0.25, 0.3) is 5.56 Å². The quantitative estimate of drug-likeness (QED) is 0.674. The third kappa shape index (κ3) is 3.72. The SMILES string of the molecule is CCCCNC(=O)Cn1ncc(N)cc1=O. The highest BCUT2D eigenvalue weighted by Gasteiger charge is 2.04. The Morgan fingerprint density at radius 3 is 3.00 bits per heavy atom. The zero-order valence-corrected chi connectivity index (χ0v) is 9.27. The predicted octanol–water partition coefficient (Wildman–Crippen LogP) is -0.258. The maximum atomic E-state index is 11.4. The molecule has 0 unspecified atom stereocenters. The maximum absolute atomic E-state index is 11.4. The summed E-state index contributed by atoms with van der Waals surface area (Å²) in [6, 6.07) is 1.24. The maximum Gasteiger partial charge on any atom is 0.269 e. The largest absolute Gasteiger partial charge is 0.397 e. The van der Waals surface area contributed by atoms with Gasteiger partial charge in [0.15, 0.2) is 0 Å². The molecular formula is C10H16N4O2. The average molecular weight is 224 g/mol. The number of carbonyl (C=O) groups excluding carboxylic acids is 1. The number of rotatable bonds is 5. The van der Waals surface area contributed by atoms with Crippen LogP contribution < -0.4 is 16.6 Å². The molecule has 0 saturated heterocycles. The summed E-state index contributed by atoms with van der Waals surface area (Å²) in [4.78, 5) is 22.7. The lowest BCUT2D eigenvalue weighted by Gasteiger charge is -2.05. The first-order valence-corrected chi connectivity index (χ1v) is 5.23. The second kappa shape index (κ2) is 5.89. The number of nitrogens with two attached hydrogens (primary N) is 1. The van der Waals surface area contributed by atoms with Crippen LogP contribution in [0.15, 0.2) is 17.1 Å². The van der Waals surface area contributed by atoms with Gasteiger partial charge in [-0.15, -0.1) is 0 Å². The molecule has 1 amide bonds. The van der Waals surface area contributed by atoms with E-state index in [1.54, 1.807) is 0 Å². The van der Waals surface area contributed by atoms with Crippen molar-refractivity contribution in [1.29, 1.82) is 0 Å². The van der Waals surface area contributed by atoms with Crippen LogP contribution in [-0.4, -0.2) is 22.2 Å². The zero-order chi connectivity index (χ0) is 12.0. The molecule has 0 aliphatic carbocycles. The van der Waals surface area contributed by atoms with Crippen molar-refractivity contribution in [3.8, 4) is 0 Å². The van der Waals surface area contributed by atoms with E-state index < -0.39 is 0 Å². The molecule has 0 atom stereocenters. The third-order valence-corrected chi connectivity index (χ3v) is 2.04. The fourth-order valence-corrected chi connectivity index (χ4v) is 1.16. The molecule has 6 nitrogen and oxygen atoms in total. The van der Waals surface area contributed by atoms with Gasteiger partial charge in [-0.3, -0.25) is 9.59 Å². The number of amides is 1. The number of unbranched alkanes of at least 4 members (excludes halogenated alkanes) is 1. The fourth-order valence-electron chi connectivity index (χ4n) is 1.16. The third-order valence-electron chi connectivity index (χ3n) is 2.04. The lowest BCUT2D eigenvalue weighted by molar-refractivity contribution is -0.121. The highest BCUT2D eigenvalue weighted by Crippen LogP contribution is 1.90. The minimum atomic E-state index is -0.370. The lowest BCUT2D eigenvalue weighted by atomic mass is 10.3. The van der Waals surface area contributed by atoms with E-state index in [2.05, 4.69) is 10.4 Å². The highest BCUT2D eigenvalue weighted by molar-refractivity contribution is 5.75. The number of anilines is 1. The molecule has 0 radical (unpaired) electrons. The van der Waals surface area contributed by atoms with Crippen LogP contribution in [-0.2, 0) is 11.3 Å². The molecule has 3 N–H and O–H groups in total. The molecule has 16 heavy (non-hydrogen) atoms. The number of nitrogens with one attached hydrogen (secondary N) is 1. The van der Waals surface area contributed by atoms with Gasteiger partial charge in [0, 0.05) is 12.6 Å². The van der Waals surface area contributed by atoms with E-state index >= 15 is 0 Å². The van der Waals surface area contributed by atoms with Crippen LogP contribution in [0.3, 0.4) is 0 Å². The summed E-state index contributed by atoms with van der Waals surface area (Å²) in [6.45, 7) is 2.60. The van der Waals surface area contributed by atoms with Crippen molar-refractivity contribution in [2.45, 2.75) is 26.3 Å². The first-order chi connectivity index (χ1) is 7.63. The summed E-state index contributed by atoms with van der Waals surface area (Å²) in [5.74, 6) is -0.215. The van der Waals surface area contributed by atoms with Crippen LogP contribution in [0.2, 0.25) is 0 Å². The van der Waals surface area contributed by atoms with E-state index in [-0.39, 0.29) is 18.0 Å².